The largest absolute Gasteiger partial charge is 0.352 e. The number of carbonyl (C=O) groups excluding carboxylic acids is 2. The van der Waals surface area contributed by atoms with E-state index in [2.05, 4.69) is 10.3 Å². The summed E-state index contributed by atoms with van der Waals surface area (Å²) in [5, 5.41) is 2.97. The highest BCUT2D eigenvalue weighted by Crippen LogP contribution is 2.17. The standard InChI is InChI=1S/C22H25N3O2/c1-17-4-6-18(7-5-17)8-9-21(26)25-13-10-19(11-14-25)15-24-22(27)20-3-2-12-23-16-20/h2-9,12,16,19H,10-11,13-15H2,1H3,(H,24,27)/b9-8+. The van der Waals surface area contributed by atoms with E-state index in [1.165, 1.54) is 5.56 Å². The molecule has 0 atom stereocenters. The molecular formula is C22H25N3O2. The Morgan fingerprint density at radius 2 is 1.93 bits per heavy atom. The summed E-state index contributed by atoms with van der Waals surface area (Å²) in [6.45, 7) is 4.13. The zero-order valence-electron chi connectivity index (χ0n) is 15.6. The fourth-order valence-corrected chi connectivity index (χ4v) is 3.14. The molecule has 0 spiro atoms. The summed E-state index contributed by atoms with van der Waals surface area (Å²) < 4.78 is 0. The number of aromatic nitrogens is 1. The molecule has 1 aliphatic rings. The van der Waals surface area contributed by atoms with Crippen LogP contribution < -0.4 is 5.32 Å². The van der Waals surface area contributed by atoms with Crippen molar-refractivity contribution in [2.45, 2.75) is 19.8 Å². The number of nitrogens with one attached hydrogen (secondary N) is 1. The van der Waals surface area contributed by atoms with Crippen molar-refractivity contribution in [2.24, 2.45) is 5.92 Å². The van der Waals surface area contributed by atoms with Crippen LogP contribution in [-0.4, -0.2) is 41.3 Å². The van der Waals surface area contributed by atoms with Crippen molar-refractivity contribution in [1.29, 1.82) is 0 Å². The van der Waals surface area contributed by atoms with Gasteiger partial charge in [-0.05, 0) is 49.5 Å². The summed E-state index contributed by atoms with van der Waals surface area (Å²) >= 11 is 0. The van der Waals surface area contributed by atoms with E-state index < -0.39 is 0 Å². The van der Waals surface area contributed by atoms with E-state index in [1.807, 2.05) is 42.2 Å². The SMILES string of the molecule is Cc1ccc(/C=C/C(=O)N2CCC(CNC(=O)c3cccnc3)CC2)cc1. The van der Waals surface area contributed by atoms with Crippen LogP contribution in [0, 0.1) is 12.8 Å². The monoisotopic (exact) mass is 363 g/mol. The van der Waals surface area contributed by atoms with Crippen LogP contribution >= 0.6 is 0 Å². The minimum Gasteiger partial charge on any atom is -0.352 e. The first-order valence-corrected chi connectivity index (χ1v) is 9.34. The third kappa shape index (κ3) is 5.51. The number of hydrogen-bond acceptors (Lipinski definition) is 3. The molecule has 2 heterocycles. The van der Waals surface area contributed by atoms with Gasteiger partial charge in [0.1, 0.15) is 0 Å². The average molecular weight is 363 g/mol. The number of carbonyl (C=O) groups is 2. The summed E-state index contributed by atoms with van der Waals surface area (Å²) in [6, 6.07) is 11.6. The molecule has 0 unspecified atom stereocenters. The van der Waals surface area contributed by atoms with Crippen molar-refractivity contribution >= 4 is 17.9 Å². The third-order valence-electron chi connectivity index (χ3n) is 4.90. The molecule has 5 heteroatoms. The summed E-state index contributed by atoms with van der Waals surface area (Å²) in [5.41, 5.74) is 2.81. The maximum Gasteiger partial charge on any atom is 0.252 e. The zero-order valence-corrected chi connectivity index (χ0v) is 15.6. The highest BCUT2D eigenvalue weighted by Gasteiger charge is 2.22. The molecule has 5 nitrogen and oxygen atoms in total. The molecule has 140 valence electrons. The first kappa shape index (κ1) is 18.8. The van der Waals surface area contributed by atoms with Crippen molar-refractivity contribution in [3.05, 3.63) is 71.6 Å². The van der Waals surface area contributed by atoms with Gasteiger partial charge < -0.3 is 10.2 Å². The quantitative estimate of drug-likeness (QED) is 0.831. The summed E-state index contributed by atoms with van der Waals surface area (Å²) in [7, 11) is 0. The van der Waals surface area contributed by atoms with Crippen LogP contribution in [0.4, 0.5) is 0 Å². The first-order chi connectivity index (χ1) is 13.1. The van der Waals surface area contributed by atoms with Gasteiger partial charge in [0.2, 0.25) is 5.91 Å². The smallest absolute Gasteiger partial charge is 0.252 e. The van der Waals surface area contributed by atoms with Crippen molar-refractivity contribution < 1.29 is 9.59 Å². The van der Waals surface area contributed by atoms with E-state index >= 15 is 0 Å². The number of piperidine rings is 1. The van der Waals surface area contributed by atoms with Gasteiger partial charge in [-0.2, -0.15) is 0 Å². The Labute approximate surface area is 160 Å². The number of benzene rings is 1. The van der Waals surface area contributed by atoms with Crippen molar-refractivity contribution in [2.75, 3.05) is 19.6 Å². The van der Waals surface area contributed by atoms with Crippen LogP contribution in [0.15, 0.2) is 54.9 Å². The van der Waals surface area contributed by atoms with Crippen LogP contribution in [0.25, 0.3) is 6.08 Å². The first-order valence-electron chi connectivity index (χ1n) is 9.34. The number of rotatable bonds is 5. The van der Waals surface area contributed by atoms with Gasteiger partial charge in [-0.15, -0.1) is 0 Å². The number of aryl methyl sites for hydroxylation is 1. The Kier molecular flexibility index (Phi) is 6.36. The molecule has 0 radical (unpaired) electrons. The lowest BCUT2D eigenvalue weighted by atomic mass is 9.96. The Balaban J connectivity index is 1.42. The van der Waals surface area contributed by atoms with Gasteiger partial charge in [-0.1, -0.05) is 29.8 Å². The van der Waals surface area contributed by atoms with E-state index in [9.17, 15) is 9.59 Å². The van der Waals surface area contributed by atoms with E-state index in [0.29, 0.717) is 18.0 Å². The van der Waals surface area contributed by atoms with Crippen LogP contribution in [0.5, 0.6) is 0 Å². The molecule has 1 aromatic carbocycles. The van der Waals surface area contributed by atoms with E-state index in [0.717, 1.165) is 31.5 Å². The fourth-order valence-electron chi connectivity index (χ4n) is 3.14. The molecular weight excluding hydrogens is 338 g/mol. The Morgan fingerprint density at radius 3 is 2.59 bits per heavy atom. The van der Waals surface area contributed by atoms with Crippen molar-refractivity contribution in [3.63, 3.8) is 0 Å². The minimum atomic E-state index is -0.0948. The summed E-state index contributed by atoms with van der Waals surface area (Å²) in [4.78, 5) is 30.3. The Morgan fingerprint density at radius 1 is 1.19 bits per heavy atom. The van der Waals surface area contributed by atoms with E-state index in [1.54, 1.807) is 30.6 Å². The lowest BCUT2D eigenvalue weighted by Gasteiger charge is -2.31. The van der Waals surface area contributed by atoms with Crippen LogP contribution in [0.1, 0.15) is 34.3 Å². The Hall–Kier alpha value is -2.95. The second-order valence-corrected chi connectivity index (χ2v) is 6.96. The molecule has 3 rings (SSSR count). The number of likely N-dealkylation sites (tertiary alicyclic amines) is 1. The van der Waals surface area contributed by atoms with Gasteiger partial charge in [0.25, 0.3) is 5.91 Å². The Bertz CT molecular complexity index is 792. The maximum atomic E-state index is 12.4. The van der Waals surface area contributed by atoms with Crippen molar-refractivity contribution in [1.82, 2.24) is 15.2 Å². The van der Waals surface area contributed by atoms with Crippen molar-refractivity contribution in [3.8, 4) is 0 Å². The molecule has 2 aromatic rings. The molecule has 0 saturated carbocycles. The van der Waals surface area contributed by atoms with Gasteiger partial charge >= 0.3 is 0 Å². The van der Waals surface area contributed by atoms with Gasteiger partial charge in [-0.25, -0.2) is 0 Å². The van der Waals surface area contributed by atoms with Gasteiger partial charge in [0, 0.05) is 38.1 Å². The normalized spacial score (nSPS) is 15.1. The lowest BCUT2D eigenvalue weighted by Crippen LogP contribution is -2.41. The van der Waals surface area contributed by atoms with Crippen LogP contribution in [-0.2, 0) is 4.79 Å². The van der Waals surface area contributed by atoms with Gasteiger partial charge in [0.05, 0.1) is 5.56 Å². The maximum absolute atomic E-state index is 12.4. The predicted octanol–water partition coefficient (Wildman–Crippen LogP) is 3.07. The second-order valence-electron chi connectivity index (χ2n) is 6.96. The zero-order chi connectivity index (χ0) is 19.1. The molecule has 1 saturated heterocycles. The number of nitrogens with zero attached hydrogens (tertiary/aromatic N) is 2. The van der Waals surface area contributed by atoms with Gasteiger partial charge in [0.15, 0.2) is 0 Å². The molecule has 0 bridgehead atoms. The summed E-state index contributed by atoms with van der Waals surface area (Å²) in [6.07, 6.45) is 8.53. The van der Waals surface area contributed by atoms with Gasteiger partial charge in [-0.3, -0.25) is 14.6 Å². The molecule has 27 heavy (non-hydrogen) atoms. The van der Waals surface area contributed by atoms with E-state index in [-0.39, 0.29) is 11.8 Å². The lowest BCUT2D eigenvalue weighted by molar-refractivity contribution is -0.127. The summed E-state index contributed by atoms with van der Waals surface area (Å²) in [5.74, 6) is 0.354. The fraction of sp³-hybridized carbons (Fsp3) is 0.318. The van der Waals surface area contributed by atoms with Crippen LogP contribution in [0.2, 0.25) is 0 Å². The molecule has 1 N–H and O–H groups in total. The topological polar surface area (TPSA) is 62.3 Å². The highest BCUT2D eigenvalue weighted by molar-refractivity contribution is 5.93. The molecule has 2 amide bonds. The number of hydrogen-bond donors (Lipinski definition) is 1. The third-order valence-corrected chi connectivity index (χ3v) is 4.90. The number of pyridine rings is 1. The highest BCUT2D eigenvalue weighted by atomic mass is 16.2. The minimum absolute atomic E-state index is 0.0495. The molecule has 1 aromatic heterocycles. The average Bonchev–Trinajstić information content (AvgIpc) is 2.72. The molecule has 0 aliphatic carbocycles. The van der Waals surface area contributed by atoms with E-state index in [4.69, 9.17) is 0 Å². The van der Waals surface area contributed by atoms with Crippen LogP contribution in [0.3, 0.4) is 0 Å². The number of amides is 2. The molecule has 1 fully saturated rings. The molecule has 1 aliphatic heterocycles. The second kappa shape index (κ2) is 9.12. The predicted molar refractivity (Wildman–Crippen MR) is 106 cm³/mol.